The van der Waals surface area contributed by atoms with E-state index in [-0.39, 0.29) is 31.9 Å². The molecule has 36 valence electrons. The molecule has 0 unspecified atom stereocenters. The van der Waals surface area contributed by atoms with Crippen molar-refractivity contribution in [1.82, 2.24) is 0 Å². The van der Waals surface area contributed by atoms with Gasteiger partial charge < -0.3 is 14.7 Å². The van der Waals surface area contributed by atoms with E-state index in [1.54, 1.807) is 0 Å². The van der Waals surface area contributed by atoms with Crippen molar-refractivity contribution in [3.8, 4) is 0 Å². The van der Waals surface area contributed by atoms with Gasteiger partial charge in [-0.05, 0) is 0 Å². The van der Waals surface area contributed by atoms with Crippen LogP contribution in [0.25, 0.3) is 0 Å². The summed E-state index contributed by atoms with van der Waals surface area (Å²) >= 11 is 0. The number of rotatable bonds is 0. The summed E-state index contributed by atoms with van der Waals surface area (Å²) in [6.07, 6.45) is 0. The van der Waals surface area contributed by atoms with E-state index in [0.29, 0.717) is 0 Å². The third-order valence-corrected chi connectivity index (χ3v) is 0. The SMILES string of the molecule is Cl.OP(O)O.[Zn]. The molecule has 6 heavy (non-hydrogen) atoms. The molecule has 0 aromatic heterocycles. The zero-order chi connectivity index (χ0) is 3.58. The molecular weight excluding hydrogens is 180 g/mol. The fourth-order valence-corrected chi connectivity index (χ4v) is 0. The quantitative estimate of drug-likeness (QED) is 0.354. The molecule has 0 aromatic carbocycles. The summed E-state index contributed by atoms with van der Waals surface area (Å²) in [5, 5.41) is 0. The molecule has 0 bridgehead atoms. The van der Waals surface area contributed by atoms with Crippen molar-refractivity contribution in [3.63, 3.8) is 0 Å². The molecule has 0 heterocycles. The molecule has 3 nitrogen and oxygen atoms in total. The van der Waals surface area contributed by atoms with Crippen LogP contribution in [0.2, 0.25) is 0 Å². The van der Waals surface area contributed by atoms with Gasteiger partial charge in [-0.15, -0.1) is 12.4 Å². The van der Waals surface area contributed by atoms with Crippen molar-refractivity contribution >= 4 is 21.0 Å². The Kier molecular flexibility index (Phi) is 24.9. The molecule has 0 aliphatic heterocycles. The molecule has 0 rings (SSSR count). The van der Waals surface area contributed by atoms with Crippen LogP contribution in [0.15, 0.2) is 0 Å². The second-order valence-electron chi connectivity index (χ2n) is 0.268. The molecule has 0 aliphatic carbocycles. The fraction of sp³-hybridized carbons (Fsp3) is 0. The molecule has 0 aromatic rings. The summed E-state index contributed by atoms with van der Waals surface area (Å²) in [6.45, 7) is 0. The first-order valence-corrected chi connectivity index (χ1v) is 1.80. The molecule has 0 spiro atoms. The molecular formula is H4ClO3PZn. The molecule has 3 N–H and O–H groups in total. The van der Waals surface area contributed by atoms with Gasteiger partial charge in [-0.2, -0.15) is 0 Å². The topological polar surface area (TPSA) is 60.7 Å². The molecule has 0 aliphatic rings. The fourth-order valence-electron chi connectivity index (χ4n) is 0. The predicted octanol–water partition coefficient (Wildman–Crippen LogP) is -0.390. The van der Waals surface area contributed by atoms with Gasteiger partial charge in [0.05, 0.1) is 0 Å². The minimum Gasteiger partial charge on any atom is -0.328 e. The Morgan fingerprint density at radius 2 is 1.00 bits per heavy atom. The Morgan fingerprint density at radius 3 is 1.00 bits per heavy atom. The predicted molar refractivity (Wildman–Crippen MR) is 20.8 cm³/mol. The van der Waals surface area contributed by atoms with Crippen LogP contribution in [-0.2, 0) is 19.5 Å². The second-order valence-corrected chi connectivity index (χ2v) is 0.805. The van der Waals surface area contributed by atoms with Crippen LogP contribution in [0, 0.1) is 0 Å². The Hall–Kier alpha value is 1.22. The maximum absolute atomic E-state index is 7.23. The van der Waals surface area contributed by atoms with Gasteiger partial charge in [-0.3, -0.25) is 0 Å². The van der Waals surface area contributed by atoms with Gasteiger partial charge in [0.15, 0.2) is 0 Å². The van der Waals surface area contributed by atoms with Gasteiger partial charge in [0.1, 0.15) is 0 Å². The molecule has 6 heteroatoms. The summed E-state index contributed by atoms with van der Waals surface area (Å²) in [4.78, 5) is 21.7. The summed E-state index contributed by atoms with van der Waals surface area (Å²) in [5.74, 6) is 0. The van der Waals surface area contributed by atoms with Crippen molar-refractivity contribution in [1.29, 1.82) is 0 Å². The van der Waals surface area contributed by atoms with Gasteiger partial charge in [0.25, 0.3) is 0 Å². The largest absolute Gasteiger partial charge is 0.328 e. The third-order valence-electron chi connectivity index (χ3n) is 0. The number of hydrogen-bond acceptors (Lipinski definition) is 3. The molecule has 0 saturated heterocycles. The summed E-state index contributed by atoms with van der Waals surface area (Å²) in [7, 11) is -2.62. The van der Waals surface area contributed by atoms with E-state index in [1.807, 2.05) is 0 Å². The van der Waals surface area contributed by atoms with E-state index < -0.39 is 8.60 Å². The number of hydrogen-bond donors (Lipinski definition) is 3. The van der Waals surface area contributed by atoms with Crippen LogP contribution < -0.4 is 0 Å². The maximum atomic E-state index is 7.23. The van der Waals surface area contributed by atoms with Crippen LogP contribution in [-0.4, -0.2) is 14.7 Å². The van der Waals surface area contributed by atoms with Gasteiger partial charge in [0.2, 0.25) is 0 Å². The smallest absolute Gasteiger partial charge is 0.324 e. The summed E-state index contributed by atoms with van der Waals surface area (Å²) in [5.41, 5.74) is 0. The molecule has 0 amide bonds. The Morgan fingerprint density at radius 1 is 1.00 bits per heavy atom. The Balaban J connectivity index is -0.0000000450. The first-order chi connectivity index (χ1) is 1.73. The van der Waals surface area contributed by atoms with E-state index in [4.69, 9.17) is 14.7 Å². The van der Waals surface area contributed by atoms with Crippen molar-refractivity contribution < 1.29 is 34.2 Å². The van der Waals surface area contributed by atoms with E-state index >= 15 is 0 Å². The normalized spacial score (nSPS) is 6.00. The van der Waals surface area contributed by atoms with Crippen molar-refractivity contribution in [3.05, 3.63) is 0 Å². The monoisotopic (exact) mass is 182 g/mol. The molecule has 0 radical (unpaired) electrons. The second kappa shape index (κ2) is 9.52. The zero-order valence-electron chi connectivity index (χ0n) is 2.90. The zero-order valence-corrected chi connectivity index (χ0v) is 7.58. The van der Waals surface area contributed by atoms with E-state index in [1.165, 1.54) is 0 Å². The van der Waals surface area contributed by atoms with Crippen molar-refractivity contribution in [2.45, 2.75) is 0 Å². The average molecular weight is 184 g/mol. The van der Waals surface area contributed by atoms with Crippen molar-refractivity contribution in [2.75, 3.05) is 0 Å². The standard InChI is InChI=1S/ClH.H3O3P.Zn/c;1-4(2)3;/h1H;1-3H;. The Labute approximate surface area is 55.6 Å². The maximum Gasteiger partial charge on any atom is 0.324 e. The van der Waals surface area contributed by atoms with E-state index in [2.05, 4.69) is 0 Å². The van der Waals surface area contributed by atoms with Crippen LogP contribution in [0.4, 0.5) is 0 Å². The van der Waals surface area contributed by atoms with Crippen LogP contribution >= 0.6 is 21.0 Å². The van der Waals surface area contributed by atoms with Gasteiger partial charge in [-0.1, -0.05) is 0 Å². The summed E-state index contributed by atoms with van der Waals surface area (Å²) in [6, 6.07) is 0. The molecule has 0 saturated carbocycles. The van der Waals surface area contributed by atoms with Gasteiger partial charge >= 0.3 is 8.60 Å². The average Bonchev–Trinajstić information content (AvgIpc) is 0.811. The third kappa shape index (κ3) is 62.3. The van der Waals surface area contributed by atoms with Crippen LogP contribution in [0.5, 0.6) is 0 Å². The minimum absolute atomic E-state index is 0. The Bertz CT molecular complexity index is 15.5. The van der Waals surface area contributed by atoms with E-state index in [9.17, 15) is 0 Å². The summed E-state index contributed by atoms with van der Waals surface area (Å²) < 4.78 is 0. The first kappa shape index (κ1) is 15.7. The van der Waals surface area contributed by atoms with Crippen molar-refractivity contribution in [2.24, 2.45) is 0 Å². The van der Waals surface area contributed by atoms with Crippen LogP contribution in [0.3, 0.4) is 0 Å². The minimum atomic E-state index is -2.62. The molecule has 0 atom stereocenters. The van der Waals surface area contributed by atoms with E-state index in [0.717, 1.165) is 0 Å². The number of halogens is 1. The van der Waals surface area contributed by atoms with Gasteiger partial charge in [-0.25, -0.2) is 0 Å². The first-order valence-electron chi connectivity index (χ1n) is 0.600. The van der Waals surface area contributed by atoms with Crippen LogP contribution in [0.1, 0.15) is 0 Å². The van der Waals surface area contributed by atoms with Gasteiger partial charge in [0, 0.05) is 19.5 Å². The molecule has 0 fully saturated rings.